The molecule has 0 amide bonds. The lowest BCUT2D eigenvalue weighted by Gasteiger charge is -2.05. The van der Waals surface area contributed by atoms with Crippen LogP contribution in [0, 0.1) is 0 Å². The molecule has 0 aliphatic heterocycles. The maximum absolute atomic E-state index is 12.5. The van der Waals surface area contributed by atoms with Gasteiger partial charge in [-0.15, -0.1) is 0 Å². The number of carbonyl (C=O) groups excluding carboxylic acids is 1. The molecule has 1 aromatic carbocycles. The van der Waals surface area contributed by atoms with Crippen LogP contribution in [0.5, 0.6) is 0 Å². The summed E-state index contributed by atoms with van der Waals surface area (Å²) in [5, 5.41) is 4.71. The van der Waals surface area contributed by atoms with Crippen LogP contribution in [0.1, 0.15) is 28.7 Å². The largest absolute Gasteiger partial charge is 0.287 e. The Morgan fingerprint density at radius 1 is 1.50 bits per heavy atom. The molecule has 2 rings (SSSR count). The predicted octanol–water partition coefficient (Wildman–Crippen LogP) is 3.63. The summed E-state index contributed by atoms with van der Waals surface area (Å²) in [6.45, 7) is 2.00. The molecule has 0 saturated heterocycles. The molecule has 0 atom stereocenters. The second kappa shape index (κ2) is 5.24. The van der Waals surface area contributed by atoms with Crippen LogP contribution in [0.3, 0.4) is 0 Å². The zero-order valence-corrected chi connectivity index (χ0v) is 12.4. The third-order valence-electron chi connectivity index (χ3n) is 2.72. The quantitative estimate of drug-likeness (QED) is 0.807. The Morgan fingerprint density at radius 2 is 2.22 bits per heavy atom. The van der Waals surface area contributed by atoms with Gasteiger partial charge in [0, 0.05) is 11.5 Å². The van der Waals surface area contributed by atoms with E-state index in [0.717, 1.165) is 12.1 Å². The lowest BCUT2D eigenvalue weighted by Crippen LogP contribution is -2.09. The van der Waals surface area contributed by atoms with Crippen LogP contribution in [0.15, 0.2) is 28.7 Å². The fraction of sp³-hybridized carbons (Fsp3) is 0.231. The maximum atomic E-state index is 12.5. The molecule has 0 saturated carbocycles. The van der Waals surface area contributed by atoms with E-state index in [4.69, 9.17) is 11.6 Å². The third-order valence-corrected chi connectivity index (χ3v) is 3.69. The summed E-state index contributed by atoms with van der Waals surface area (Å²) in [7, 11) is 1.76. The highest BCUT2D eigenvalue weighted by molar-refractivity contribution is 9.10. The first kappa shape index (κ1) is 13.3. The highest BCUT2D eigenvalue weighted by Gasteiger charge is 2.19. The molecular weight excluding hydrogens is 316 g/mol. The van der Waals surface area contributed by atoms with Crippen molar-refractivity contribution in [1.29, 1.82) is 0 Å². The minimum absolute atomic E-state index is 0.123. The van der Waals surface area contributed by atoms with Gasteiger partial charge in [0.25, 0.3) is 0 Å². The number of nitrogens with zero attached hydrogens (tertiary/aromatic N) is 2. The normalized spacial score (nSPS) is 10.7. The van der Waals surface area contributed by atoms with Crippen molar-refractivity contribution in [2.24, 2.45) is 7.05 Å². The van der Waals surface area contributed by atoms with Crippen molar-refractivity contribution in [3.63, 3.8) is 0 Å². The standard InChI is InChI=1S/C13H12BrClN2O/c1-3-8-7-11(17(2)16-8)13(18)12-9(14)5-4-6-10(12)15/h4-7H,3H2,1-2H3. The van der Waals surface area contributed by atoms with E-state index < -0.39 is 0 Å². The molecule has 5 heteroatoms. The zero-order chi connectivity index (χ0) is 13.3. The molecule has 1 aromatic heterocycles. The summed E-state index contributed by atoms with van der Waals surface area (Å²) in [6.07, 6.45) is 0.796. The van der Waals surface area contributed by atoms with Crippen LogP contribution in [0.2, 0.25) is 5.02 Å². The minimum atomic E-state index is -0.123. The number of rotatable bonds is 3. The van der Waals surface area contributed by atoms with Crippen LogP contribution in [0.4, 0.5) is 0 Å². The summed E-state index contributed by atoms with van der Waals surface area (Å²) < 4.78 is 2.29. The Balaban J connectivity index is 2.51. The number of ketones is 1. The Bertz CT molecular complexity index is 587. The highest BCUT2D eigenvalue weighted by atomic mass is 79.9. The second-order valence-corrected chi connectivity index (χ2v) is 5.19. The van der Waals surface area contributed by atoms with E-state index in [2.05, 4.69) is 21.0 Å². The number of halogens is 2. The molecule has 0 aliphatic carbocycles. The summed E-state index contributed by atoms with van der Waals surface area (Å²) >= 11 is 9.45. The van der Waals surface area contributed by atoms with E-state index in [1.165, 1.54) is 0 Å². The molecule has 0 N–H and O–H groups in total. The summed E-state index contributed by atoms with van der Waals surface area (Å²) in [5.41, 5.74) is 1.91. The third kappa shape index (κ3) is 2.35. The predicted molar refractivity (Wildman–Crippen MR) is 75.2 cm³/mol. The van der Waals surface area contributed by atoms with E-state index in [1.807, 2.05) is 6.92 Å². The van der Waals surface area contributed by atoms with E-state index in [-0.39, 0.29) is 5.78 Å². The lowest BCUT2D eigenvalue weighted by atomic mass is 10.1. The van der Waals surface area contributed by atoms with Crippen LogP contribution >= 0.6 is 27.5 Å². The van der Waals surface area contributed by atoms with Gasteiger partial charge >= 0.3 is 0 Å². The Labute approximate surface area is 119 Å². The molecule has 0 bridgehead atoms. The number of hydrogen-bond donors (Lipinski definition) is 0. The van der Waals surface area contributed by atoms with E-state index in [9.17, 15) is 4.79 Å². The molecule has 0 radical (unpaired) electrons. The first-order valence-electron chi connectivity index (χ1n) is 5.56. The van der Waals surface area contributed by atoms with Crippen LogP contribution < -0.4 is 0 Å². The van der Waals surface area contributed by atoms with Gasteiger partial charge in [0.15, 0.2) is 0 Å². The van der Waals surface area contributed by atoms with E-state index >= 15 is 0 Å². The molecule has 3 nitrogen and oxygen atoms in total. The van der Waals surface area contributed by atoms with Crippen LogP contribution in [-0.2, 0) is 13.5 Å². The second-order valence-electron chi connectivity index (χ2n) is 3.92. The summed E-state index contributed by atoms with van der Waals surface area (Å²) in [5.74, 6) is -0.123. The average Bonchev–Trinajstić information content (AvgIpc) is 2.70. The van der Waals surface area contributed by atoms with Gasteiger partial charge in [-0.2, -0.15) is 5.10 Å². The summed E-state index contributed by atoms with van der Waals surface area (Å²) in [6, 6.07) is 7.11. The lowest BCUT2D eigenvalue weighted by molar-refractivity contribution is 0.102. The number of hydrogen-bond acceptors (Lipinski definition) is 2. The number of aromatic nitrogens is 2. The van der Waals surface area contributed by atoms with Crippen molar-refractivity contribution in [2.45, 2.75) is 13.3 Å². The van der Waals surface area contributed by atoms with Gasteiger partial charge in [0.05, 0.1) is 16.3 Å². The van der Waals surface area contributed by atoms with Crippen molar-refractivity contribution in [3.05, 3.63) is 50.7 Å². The van der Waals surface area contributed by atoms with Gasteiger partial charge in [-0.05, 0) is 40.5 Å². The fourth-order valence-corrected chi connectivity index (χ4v) is 2.68. The van der Waals surface area contributed by atoms with Crippen molar-refractivity contribution in [1.82, 2.24) is 9.78 Å². The molecule has 94 valence electrons. The molecule has 0 fully saturated rings. The average molecular weight is 328 g/mol. The van der Waals surface area contributed by atoms with Crippen molar-refractivity contribution >= 4 is 33.3 Å². The highest BCUT2D eigenvalue weighted by Crippen LogP contribution is 2.27. The number of carbonyl (C=O) groups is 1. The molecule has 0 unspecified atom stereocenters. The van der Waals surface area contributed by atoms with Crippen molar-refractivity contribution < 1.29 is 4.79 Å². The van der Waals surface area contributed by atoms with Crippen molar-refractivity contribution in [3.8, 4) is 0 Å². The number of aryl methyl sites for hydroxylation is 2. The molecule has 0 aliphatic rings. The van der Waals surface area contributed by atoms with E-state index in [1.54, 1.807) is 36.0 Å². The van der Waals surface area contributed by atoms with Gasteiger partial charge < -0.3 is 0 Å². The molecule has 2 aromatic rings. The van der Waals surface area contributed by atoms with E-state index in [0.29, 0.717) is 20.8 Å². The summed E-state index contributed by atoms with van der Waals surface area (Å²) in [4.78, 5) is 12.5. The maximum Gasteiger partial charge on any atom is 0.213 e. The number of benzene rings is 1. The zero-order valence-electron chi connectivity index (χ0n) is 10.1. The topological polar surface area (TPSA) is 34.9 Å². The van der Waals surface area contributed by atoms with Crippen LogP contribution in [0.25, 0.3) is 0 Å². The Hall–Kier alpha value is -1.13. The molecular formula is C13H12BrClN2O. The molecule has 1 heterocycles. The smallest absolute Gasteiger partial charge is 0.213 e. The van der Waals surface area contributed by atoms with Gasteiger partial charge in [0.1, 0.15) is 5.69 Å². The van der Waals surface area contributed by atoms with Gasteiger partial charge in [0.2, 0.25) is 5.78 Å². The Kier molecular flexibility index (Phi) is 3.88. The molecule has 18 heavy (non-hydrogen) atoms. The molecule has 0 spiro atoms. The fourth-order valence-electron chi connectivity index (χ4n) is 1.75. The van der Waals surface area contributed by atoms with Crippen molar-refractivity contribution in [2.75, 3.05) is 0 Å². The first-order chi connectivity index (χ1) is 8.54. The minimum Gasteiger partial charge on any atom is -0.287 e. The van der Waals surface area contributed by atoms with Gasteiger partial charge in [-0.3, -0.25) is 9.48 Å². The van der Waals surface area contributed by atoms with Crippen LogP contribution in [-0.4, -0.2) is 15.6 Å². The first-order valence-corrected chi connectivity index (χ1v) is 6.73. The SMILES string of the molecule is CCc1cc(C(=O)c2c(Cl)cccc2Br)n(C)n1. The monoisotopic (exact) mass is 326 g/mol. The Morgan fingerprint density at radius 3 is 2.78 bits per heavy atom. The van der Waals surface area contributed by atoms with Gasteiger partial charge in [-0.25, -0.2) is 0 Å². The van der Waals surface area contributed by atoms with Gasteiger partial charge in [-0.1, -0.05) is 24.6 Å².